The van der Waals surface area contributed by atoms with Gasteiger partial charge in [-0.25, -0.2) is 4.98 Å². The molecule has 0 fully saturated rings. The average Bonchev–Trinajstić information content (AvgIpc) is 2.37. The second-order valence-electron chi connectivity index (χ2n) is 5.89. The van der Waals surface area contributed by atoms with Gasteiger partial charge in [-0.3, -0.25) is 4.79 Å². The Morgan fingerprint density at radius 2 is 2.00 bits per heavy atom. The van der Waals surface area contributed by atoms with Crippen molar-refractivity contribution in [1.29, 1.82) is 0 Å². The summed E-state index contributed by atoms with van der Waals surface area (Å²) in [6.07, 6.45) is 0. The van der Waals surface area contributed by atoms with Crippen molar-refractivity contribution in [3.05, 3.63) is 35.4 Å². The number of nitrogens with zero attached hydrogens (tertiary/aromatic N) is 1. The quantitative estimate of drug-likeness (QED) is 0.902. The number of hydrogen-bond donors (Lipinski definition) is 2. The number of aromatic nitrogens is 1. The van der Waals surface area contributed by atoms with Crippen LogP contribution in [0.2, 0.25) is 0 Å². The zero-order valence-electron chi connectivity index (χ0n) is 12.4. The predicted octanol–water partition coefficient (Wildman–Crippen LogP) is 2.78. The summed E-state index contributed by atoms with van der Waals surface area (Å²) >= 11 is 0. The van der Waals surface area contributed by atoms with Gasteiger partial charge in [-0.15, -0.1) is 0 Å². The zero-order valence-corrected chi connectivity index (χ0v) is 12.4. The molecule has 106 valence electrons. The van der Waals surface area contributed by atoms with Gasteiger partial charge in [0.1, 0.15) is 5.82 Å². The Labute approximate surface area is 119 Å². The highest BCUT2D eigenvalue weighted by atomic mass is 16.2. The fourth-order valence-electron chi connectivity index (χ4n) is 2.04. The molecule has 0 saturated carbocycles. The molecule has 0 spiro atoms. The van der Waals surface area contributed by atoms with E-state index in [1.807, 2.05) is 39.0 Å². The number of carbonyl (C=O) groups excluding carboxylic acids is 1. The number of nitrogens with two attached hydrogens (primary N) is 1. The molecule has 2 aromatic rings. The minimum atomic E-state index is -0.598. The number of benzene rings is 1. The van der Waals surface area contributed by atoms with Crippen molar-refractivity contribution in [2.24, 2.45) is 11.1 Å². The molecular weight excluding hydrogens is 250 g/mol. The van der Waals surface area contributed by atoms with E-state index in [1.165, 1.54) is 5.56 Å². The first-order valence-corrected chi connectivity index (χ1v) is 6.73. The number of hydrogen-bond acceptors (Lipinski definition) is 3. The number of rotatable bonds is 3. The maximum atomic E-state index is 12.1. The van der Waals surface area contributed by atoms with E-state index in [2.05, 4.69) is 23.3 Å². The van der Waals surface area contributed by atoms with Crippen LogP contribution in [-0.4, -0.2) is 17.4 Å². The molecular formula is C16H21N3O. The summed E-state index contributed by atoms with van der Waals surface area (Å²) in [5.41, 5.74) is 8.25. The van der Waals surface area contributed by atoms with Gasteiger partial charge in [0.2, 0.25) is 5.91 Å². The van der Waals surface area contributed by atoms with Crippen LogP contribution in [0.25, 0.3) is 10.9 Å². The number of nitrogens with one attached hydrogen (secondary N) is 1. The van der Waals surface area contributed by atoms with Gasteiger partial charge in [-0.05, 0) is 57.0 Å². The Morgan fingerprint density at radius 3 is 2.65 bits per heavy atom. The molecule has 0 aliphatic carbocycles. The Balaban J connectivity index is 2.35. The second kappa shape index (κ2) is 5.21. The highest BCUT2D eigenvalue weighted by Crippen LogP contribution is 2.22. The van der Waals surface area contributed by atoms with Crippen molar-refractivity contribution in [1.82, 2.24) is 4.98 Å². The molecule has 0 radical (unpaired) electrons. The van der Waals surface area contributed by atoms with Gasteiger partial charge in [-0.1, -0.05) is 6.07 Å². The first-order chi connectivity index (χ1) is 9.33. The van der Waals surface area contributed by atoms with Crippen molar-refractivity contribution >= 4 is 22.6 Å². The summed E-state index contributed by atoms with van der Waals surface area (Å²) in [7, 11) is 0. The van der Waals surface area contributed by atoms with Gasteiger partial charge >= 0.3 is 0 Å². The first kappa shape index (κ1) is 14.5. The molecule has 0 atom stereocenters. The smallest absolute Gasteiger partial charge is 0.232 e. The van der Waals surface area contributed by atoms with Crippen LogP contribution < -0.4 is 11.1 Å². The molecule has 4 nitrogen and oxygen atoms in total. The fraction of sp³-hybridized carbons (Fsp3) is 0.375. The number of aryl methyl sites for hydroxylation is 2. The summed E-state index contributed by atoms with van der Waals surface area (Å²) in [6.45, 7) is 8.03. The largest absolute Gasteiger partial charge is 0.329 e. The van der Waals surface area contributed by atoms with E-state index >= 15 is 0 Å². The third-order valence-electron chi connectivity index (χ3n) is 3.52. The van der Waals surface area contributed by atoms with Gasteiger partial charge < -0.3 is 11.1 Å². The zero-order chi connectivity index (χ0) is 14.9. The molecule has 4 heteroatoms. The van der Waals surface area contributed by atoms with Crippen LogP contribution in [0.3, 0.4) is 0 Å². The molecule has 2 rings (SSSR count). The number of amides is 1. The van der Waals surface area contributed by atoms with E-state index < -0.39 is 5.41 Å². The fourth-order valence-corrected chi connectivity index (χ4v) is 2.04. The van der Waals surface area contributed by atoms with Crippen molar-refractivity contribution in [3.63, 3.8) is 0 Å². The summed E-state index contributed by atoms with van der Waals surface area (Å²) < 4.78 is 0. The Kier molecular flexibility index (Phi) is 3.77. The predicted molar refractivity (Wildman–Crippen MR) is 82.7 cm³/mol. The van der Waals surface area contributed by atoms with E-state index in [0.29, 0.717) is 12.4 Å². The number of carbonyl (C=O) groups is 1. The van der Waals surface area contributed by atoms with Gasteiger partial charge in [0, 0.05) is 11.9 Å². The SMILES string of the molecule is Cc1cc(C)c2ccc(NC(=O)C(C)(C)CN)nc2c1. The van der Waals surface area contributed by atoms with Crippen LogP contribution in [0.5, 0.6) is 0 Å². The highest BCUT2D eigenvalue weighted by Gasteiger charge is 2.26. The van der Waals surface area contributed by atoms with E-state index in [4.69, 9.17) is 5.73 Å². The van der Waals surface area contributed by atoms with Crippen LogP contribution in [0.15, 0.2) is 24.3 Å². The second-order valence-corrected chi connectivity index (χ2v) is 5.89. The molecule has 1 aromatic heterocycles. The Morgan fingerprint density at radius 1 is 1.30 bits per heavy atom. The lowest BCUT2D eigenvalue weighted by Gasteiger charge is -2.21. The molecule has 1 amide bonds. The van der Waals surface area contributed by atoms with Gasteiger partial charge in [0.05, 0.1) is 10.9 Å². The van der Waals surface area contributed by atoms with Crippen LogP contribution in [0.1, 0.15) is 25.0 Å². The summed E-state index contributed by atoms with van der Waals surface area (Å²) in [5.74, 6) is 0.449. The number of fused-ring (bicyclic) bond motifs is 1. The van der Waals surface area contributed by atoms with E-state index in [9.17, 15) is 4.79 Å². The Hall–Kier alpha value is -1.94. The van der Waals surface area contributed by atoms with Crippen molar-refractivity contribution in [3.8, 4) is 0 Å². The molecule has 0 unspecified atom stereocenters. The number of pyridine rings is 1. The molecule has 0 bridgehead atoms. The molecule has 0 aliphatic heterocycles. The van der Waals surface area contributed by atoms with Crippen LogP contribution >= 0.6 is 0 Å². The van der Waals surface area contributed by atoms with Crippen molar-refractivity contribution in [2.45, 2.75) is 27.7 Å². The number of anilines is 1. The monoisotopic (exact) mass is 271 g/mol. The normalized spacial score (nSPS) is 11.7. The molecule has 0 saturated heterocycles. The maximum absolute atomic E-state index is 12.1. The van der Waals surface area contributed by atoms with E-state index in [0.717, 1.165) is 16.5 Å². The summed E-state index contributed by atoms with van der Waals surface area (Å²) in [4.78, 5) is 16.6. The topological polar surface area (TPSA) is 68.0 Å². The van der Waals surface area contributed by atoms with Gasteiger partial charge in [-0.2, -0.15) is 0 Å². The lowest BCUT2D eigenvalue weighted by atomic mass is 9.93. The first-order valence-electron chi connectivity index (χ1n) is 6.73. The lowest BCUT2D eigenvalue weighted by Crippen LogP contribution is -2.37. The summed E-state index contributed by atoms with van der Waals surface area (Å²) in [5, 5.41) is 3.94. The average molecular weight is 271 g/mol. The van der Waals surface area contributed by atoms with Crippen LogP contribution in [0, 0.1) is 19.3 Å². The minimum Gasteiger partial charge on any atom is -0.329 e. The molecule has 1 heterocycles. The highest BCUT2D eigenvalue weighted by molar-refractivity contribution is 5.95. The van der Waals surface area contributed by atoms with Crippen LogP contribution in [0.4, 0.5) is 5.82 Å². The molecule has 1 aromatic carbocycles. The summed E-state index contributed by atoms with van der Waals surface area (Å²) in [6, 6.07) is 7.96. The minimum absolute atomic E-state index is 0.115. The van der Waals surface area contributed by atoms with E-state index in [1.54, 1.807) is 0 Å². The molecule has 0 aliphatic rings. The third-order valence-corrected chi connectivity index (χ3v) is 3.52. The Bertz CT molecular complexity index is 662. The van der Waals surface area contributed by atoms with Gasteiger partial charge in [0.25, 0.3) is 0 Å². The molecule has 20 heavy (non-hydrogen) atoms. The maximum Gasteiger partial charge on any atom is 0.232 e. The molecule has 3 N–H and O–H groups in total. The van der Waals surface area contributed by atoms with E-state index in [-0.39, 0.29) is 5.91 Å². The lowest BCUT2D eigenvalue weighted by molar-refractivity contribution is -0.123. The van der Waals surface area contributed by atoms with Crippen molar-refractivity contribution < 1.29 is 4.79 Å². The standard InChI is InChI=1S/C16H21N3O/c1-10-7-11(2)12-5-6-14(18-13(12)8-10)19-15(20)16(3,4)9-17/h5-8H,9,17H2,1-4H3,(H,18,19,20). The van der Waals surface area contributed by atoms with Crippen LogP contribution in [-0.2, 0) is 4.79 Å². The third kappa shape index (κ3) is 2.80. The van der Waals surface area contributed by atoms with Gasteiger partial charge in [0.15, 0.2) is 0 Å². The van der Waals surface area contributed by atoms with Crippen molar-refractivity contribution in [2.75, 3.05) is 11.9 Å².